The molecule has 0 saturated carbocycles. The first-order valence-corrected chi connectivity index (χ1v) is 6.68. The Morgan fingerprint density at radius 3 is 2.00 bits per heavy atom. The van der Waals surface area contributed by atoms with Crippen LogP contribution in [0.2, 0.25) is 0 Å². The second-order valence-corrected chi connectivity index (χ2v) is 7.07. The summed E-state index contributed by atoms with van der Waals surface area (Å²) in [7, 11) is 1.71. The topological polar surface area (TPSA) is 27.7 Å². The number of methoxy groups -OCH3 is 1. The molecule has 19 heavy (non-hydrogen) atoms. The molecule has 0 radical (unpaired) electrons. The maximum absolute atomic E-state index is 5.73. The van der Waals surface area contributed by atoms with E-state index >= 15 is 0 Å². The molecule has 0 N–H and O–H groups in total. The molecule has 0 spiro atoms. The summed E-state index contributed by atoms with van der Waals surface area (Å²) in [6, 6.07) is 2.09. The smallest absolute Gasteiger partial charge is 0.231 e. The first-order chi connectivity index (χ1) is 8.66. The standard InChI is InChI=1S/C16H24O3/c1-15(2,3)10-8-11(17-7)12(16(4,5)6)14-13(10)18-9-19-14/h8H,9H2,1-7H3. The largest absolute Gasteiger partial charge is 0.496 e. The molecule has 1 aliphatic rings. The van der Waals surface area contributed by atoms with Crippen molar-refractivity contribution in [2.45, 2.75) is 52.4 Å². The van der Waals surface area contributed by atoms with Crippen molar-refractivity contribution in [2.75, 3.05) is 13.9 Å². The molecular formula is C16H24O3. The molecule has 106 valence electrons. The van der Waals surface area contributed by atoms with E-state index < -0.39 is 0 Å². The summed E-state index contributed by atoms with van der Waals surface area (Å²) in [4.78, 5) is 0. The lowest BCUT2D eigenvalue weighted by Gasteiger charge is -2.28. The molecule has 1 heterocycles. The predicted molar refractivity (Wildman–Crippen MR) is 76.5 cm³/mol. The van der Waals surface area contributed by atoms with Gasteiger partial charge in [-0.05, 0) is 16.9 Å². The minimum absolute atomic E-state index is 0.0124. The van der Waals surface area contributed by atoms with E-state index in [0.29, 0.717) is 0 Å². The molecule has 0 bridgehead atoms. The van der Waals surface area contributed by atoms with E-state index in [2.05, 4.69) is 47.6 Å². The van der Waals surface area contributed by atoms with Gasteiger partial charge in [0.1, 0.15) is 5.75 Å². The lowest BCUT2D eigenvalue weighted by atomic mass is 9.80. The predicted octanol–water partition coefficient (Wildman–Crippen LogP) is 4.02. The minimum Gasteiger partial charge on any atom is -0.496 e. The lowest BCUT2D eigenvalue weighted by Crippen LogP contribution is -2.17. The summed E-state index contributed by atoms with van der Waals surface area (Å²) in [5.41, 5.74) is 2.14. The van der Waals surface area contributed by atoms with Crippen molar-refractivity contribution in [3.8, 4) is 17.2 Å². The van der Waals surface area contributed by atoms with Crippen LogP contribution in [0, 0.1) is 0 Å². The Morgan fingerprint density at radius 1 is 0.947 bits per heavy atom. The molecular weight excluding hydrogens is 240 g/mol. The highest BCUT2D eigenvalue weighted by Gasteiger charge is 2.35. The Labute approximate surface area is 115 Å². The van der Waals surface area contributed by atoms with Gasteiger partial charge in [-0.25, -0.2) is 0 Å². The average molecular weight is 264 g/mol. The number of hydrogen-bond acceptors (Lipinski definition) is 3. The van der Waals surface area contributed by atoms with E-state index in [0.717, 1.165) is 28.4 Å². The Kier molecular flexibility index (Phi) is 3.20. The fourth-order valence-electron chi connectivity index (χ4n) is 2.47. The van der Waals surface area contributed by atoms with Crippen molar-refractivity contribution < 1.29 is 14.2 Å². The van der Waals surface area contributed by atoms with Gasteiger partial charge in [0, 0.05) is 11.1 Å². The summed E-state index contributed by atoms with van der Waals surface area (Å²) < 4.78 is 17.0. The monoisotopic (exact) mass is 264 g/mol. The van der Waals surface area contributed by atoms with Crippen LogP contribution < -0.4 is 14.2 Å². The average Bonchev–Trinajstić information content (AvgIpc) is 2.71. The van der Waals surface area contributed by atoms with Gasteiger partial charge in [0.15, 0.2) is 11.5 Å². The number of fused-ring (bicyclic) bond motifs is 1. The van der Waals surface area contributed by atoms with Crippen LogP contribution in [0.15, 0.2) is 6.07 Å². The van der Waals surface area contributed by atoms with E-state index in [-0.39, 0.29) is 17.6 Å². The van der Waals surface area contributed by atoms with Gasteiger partial charge in [-0.15, -0.1) is 0 Å². The fourth-order valence-corrected chi connectivity index (χ4v) is 2.47. The molecule has 0 amide bonds. The molecule has 0 aliphatic carbocycles. The van der Waals surface area contributed by atoms with E-state index in [1.807, 2.05) is 0 Å². The summed E-state index contributed by atoms with van der Waals surface area (Å²) in [6.45, 7) is 13.3. The van der Waals surface area contributed by atoms with Gasteiger partial charge in [0.2, 0.25) is 6.79 Å². The van der Waals surface area contributed by atoms with Gasteiger partial charge >= 0.3 is 0 Å². The van der Waals surface area contributed by atoms with Crippen molar-refractivity contribution >= 4 is 0 Å². The summed E-state index contributed by atoms with van der Waals surface area (Å²) in [5, 5.41) is 0. The van der Waals surface area contributed by atoms with Crippen molar-refractivity contribution in [3.63, 3.8) is 0 Å². The van der Waals surface area contributed by atoms with E-state index in [1.165, 1.54) is 0 Å². The van der Waals surface area contributed by atoms with Crippen LogP contribution in [-0.4, -0.2) is 13.9 Å². The Balaban J connectivity index is 2.76. The first kappa shape index (κ1) is 14.0. The molecule has 3 heteroatoms. The van der Waals surface area contributed by atoms with Gasteiger partial charge in [-0.1, -0.05) is 41.5 Å². The van der Waals surface area contributed by atoms with Crippen LogP contribution >= 0.6 is 0 Å². The second-order valence-electron chi connectivity index (χ2n) is 7.07. The molecule has 0 atom stereocenters. The number of hydrogen-bond donors (Lipinski definition) is 0. The summed E-state index contributed by atoms with van der Waals surface area (Å²) in [6.07, 6.45) is 0. The van der Waals surface area contributed by atoms with Gasteiger partial charge in [0.25, 0.3) is 0 Å². The maximum atomic E-state index is 5.73. The second kappa shape index (κ2) is 4.32. The van der Waals surface area contributed by atoms with Crippen LogP contribution in [0.4, 0.5) is 0 Å². The highest BCUT2D eigenvalue weighted by Crippen LogP contribution is 2.51. The van der Waals surface area contributed by atoms with E-state index in [1.54, 1.807) is 7.11 Å². The third kappa shape index (κ3) is 2.38. The normalized spacial score (nSPS) is 14.7. The molecule has 2 rings (SSSR count). The highest BCUT2D eigenvalue weighted by atomic mass is 16.7. The third-order valence-corrected chi connectivity index (χ3v) is 3.38. The number of ether oxygens (including phenoxy) is 3. The lowest BCUT2D eigenvalue weighted by molar-refractivity contribution is 0.171. The first-order valence-electron chi connectivity index (χ1n) is 6.68. The van der Waals surface area contributed by atoms with Gasteiger partial charge in [-0.3, -0.25) is 0 Å². The molecule has 0 fully saturated rings. The van der Waals surface area contributed by atoms with Crippen molar-refractivity contribution in [3.05, 3.63) is 17.2 Å². The van der Waals surface area contributed by atoms with Crippen LogP contribution in [0.25, 0.3) is 0 Å². The summed E-state index contributed by atoms with van der Waals surface area (Å²) in [5.74, 6) is 2.59. The zero-order valence-corrected chi connectivity index (χ0v) is 13.0. The fraction of sp³-hybridized carbons (Fsp3) is 0.625. The molecule has 0 aromatic heterocycles. The molecule has 1 aromatic carbocycles. The molecule has 1 aromatic rings. The highest BCUT2D eigenvalue weighted by molar-refractivity contribution is 5.63. The Bertz CT molecular complexity index is 490. The van der Waals surface area contributed by atoms with Crippen molar-refractivity contribution in [1.82, 2.24) is 0 Å². The third-order valence-electron chi connectivity index (χ3n) is 3.38. The van der Waals surface area contributed by atoms with Gasteiger partial charge in [-0.2, -0.15) is 0 Å². The SMILES string of the molecule is COc1cc(C(C)(C)C)c2c(c1C(C)(C)C)OCO2. The molecule has 1 aliphatic heterocycles. The molecule has 3 nitrogen and oxygen atoms in total. The number of rotatable bonds is 1. The quantitative estimate of drug-likeness (QED) is 0.766. The number of benzene rings is 1. The minimum atomic E-state index is -0.0560. The van der Waals surface area contributed by atoms with Gasteiger partial charge < -0.3 is 14.2 Å². The Hall–Kier alpha value is -1.38. The van der Waals surface area contributed by atoms with Crippen molar-refractivity contribution in [1.29, 1.82) is 0 Å². The van der Waals surface area contributed by atoms with Crippen LogP contribution in [0.1, 0.15) is 52.7 Å². The molecule has 0 unspecified atom stereocenters. The van der Waals surface area contributed by atoms with Crippen molar-refractivity contribution in [2.24, 2.45) is 0 Å². The van der Waals surface area contributed by atoms with Crippen LogP contribution in [0.5, 0.6) is 17.2 Å². The van der Waals surface area contributed by atoms with Crippen LogP contribution in [0.3, 0.4) is 0 Å². The molecule has 0 saturated heterocycles. The van der Waals surface area contributed by atoms with Gasteiger partial charge in [0.05, 0.1) is 7.11 Å². The Morgan fingerprint density at radius 2 is 1.53 bits per heavy atom. The van der Waals surface area contributed by atoms with E-state index in [4.69, 9.17) is 14.2 Å². The summed E-state index contributed by atoms with van der Waals surface area (Å²) >= 11 is 0. The maximum Gasteiger partial charge on any atom is 0.231 e. The van der Waals surface area contributed by atoms with Crippen LogP contribution in [-0.2, 0) is 10.8 Å². The van der Waals surface area contributed by atoms with E-state index in [9.17, 15) is 0 Å². The zero-order valence-electron chi connectivity index (χ0n) is 13.0. The zero-order chi connectivity index (χ0) is 14.4.